The number of rotatable bonds is 11. The third kappa shape index (κ3) is 7.27. The molecule has 0 fully saturated rings. The highest BCUT2D eigenvalue weighted by Gasteiger charge is 2.07. The molecule has 0 atom stereocenters. The quantitative estimate of drug-likeness (QED) is 0.635. The molecule has 0 saturated carbocycles. The molecule has 0 aliphatic heterocycles. The summed E-state index contributed by atoms with van der Waals surface area (Å²) in [6.07, 6.45) is 4.84. The summed E-state index contributed by atoms with van der Waals surface area (Å²) in [5.41, 5.74) is 0. The fourth-order valence-corrected chi connectivity index (χ4v) is 1.72. The van der Waals surface area contributed by atoms with Gasteiger partial charge in [-0.25, -0.2) is 9.97 Å². The van der Waals surface area contributed by atoms with E-state index in [9.17, 15) is 0 Å². The Kier molecular flexibility index (Phi) is 8.74. The summed E-state index contributed by atoms with van der Waals surface area (Å²) in [7, 11) is 0. The summed E-state index contributed by atoms with van der Waals surface area (Å²) in [6.45, 7) is 11.2. The first-order valence-electron chi connectivity index (χ1n) is 7.97. The fraction of sp³-hybridized carbons (Fsp3) is 0.750. The van der Waals surface area contributed by atoms with Crippen molar-refractivity contribution in [1.82, 2.24) is 9.97 Å². The molecule has 0 bridgehead atoms. The van der Waals surface area contributed by atoms with Crippen LogP contribution >= 0.6 is 0 Å². The summed E-state index contributed by atoms with van der Waals surface area (Å²) in [6, 6.07) is 0. The van der Waals surface area contributed by atoms with Crippen LogP contribution in [0.1, 0.15) is 46.4 Å². The van der Waals surface area contributed by atoms with Gasteiger partial charge in [-0.05, 0) is 12.3 Å². The molecule has 1 aromatic rings. The number of anilines is 1. The van der Waals surface area contributed by atoms with Crippen LogP contribution < -0.4 is 10.1 Å². The van der Waals surface area contributed by atoms with Crippen LogP contribution in [0.25, 0.3) is 0 Å². The first kappa shape index (κ1) is 17.7. The molecule has 5 nitrogen and oxygen atoms in total. The highest BCUT2D eigenvalue weighted by molar-refractivity contribution is 5.48. The van der Waals surface area contributed by atoms with Gasteiger partial charge in [0.1, 0.15) is 12.4 Å². The van der Waals surface area contributed by atoms with Crippen molar-refractivity contribution in [2.75, 3.05) is 31.7 Å². The van der Waals surface area contributed by atoms with Crippen molar-refractivity contribution in [2.24, 2.45) is 5.92 Å². The van der Waals surface area contributed by atoms with Crippen LogP contribution in [0.4, 0.5) is 5.82 Å². The minimum Gasteiger partial charge on any atom is -0.486 e. The maximum Gasteiger partial charge on any atom is 0.179 e. The number of hydrogen-bond acceptors (Lipinski definition) is 5. The number of nitrogens with zero attached hydrogens (tertiary/aromatic N) is 2. The van der Waals surface area contributed by atoms with E-state index in [0.29, 0.717) is 24.9 Å². The minimum atomic E-state index is 0.518. The van der Waals surface area contributed by atoms with Crippen molar-refractivity contribution in [3.8, 4) is 5.75 Å². The van der Waals surface area contributed by atoms with E-state index < -0.39 is 0 Å². The summed E-state index contributed by atoms with van der Waals surface area (Å²) in [4.78, 5) is 8.80. The molecule has 0 aromatic carbocycles. The Hall–Kier alpha value is -1.36. The Balaban J connectivity index is 2.50. The van der Waals surface area contributed by atoms with Gasteiger partial charge in [-0.1, -0.05) is 34.1 Å². The minimum absolute atomic E-state index is 0.518. The van der Waals surface area contributed by atoms with Gasteiger partial charge in [0.2, 0.25) is 0 Å². The lowest BCUT2D eigenvalue weighted by Crippen LogP contribution is -2.13. The number of hydrogen-bond donors (Lipinski definition) is 1. The number of aryl methyl sites for hydroxylation is 1. The van der Waals surface area contributed by atoms with E-state index in [2.05, 4.69) is 36.1 Å². The number of unbranched alkanes of at least 4 members (excludes halogenated alkanes) is 1. The Labute approximate surface area is 128 Å². The van der Waals surface area contributed by atoms with Crippen molar-refractivity contribution in [3.05, 3.63) is 12.0 Å². The maximum atomic E-state index is 5.74. The van der Waals surface area contributed by atoms with Crippen molar-refractivity contribution in [2.45, 2.75) is 47.0 Å². The predicted molar refractivity (Wildman–Crippen MR) is 86.0 cm³/mol. The van der Waals surface area contributed by atoms with Gasteiger partial charge in [0.25, 0.3) is 0 Å². The molecule has 0 radical (unpaired) electrons. The summed E-state index contributed by atoms with van der Waals surface area (Å²) in [5, 5.41) is 3.33. The lowest BCUT2D eigenvalue weighted by molar-refractivity contribution is 0.0819. The Bertz CT molecular complexity index is 397. The monoisotopic (exact) mass is 295 g/mol. The van der Waals surface area contributed by atoms with Gasteiger partial charge < -0.3 is 14.8 Å². The summed E-state index contributed by atoms with van der Waals surface area (Å²) >= 11 is 0. The maximum absolute atomic E-state index is 5.74. The van der Waals surface area contributed by atoms with Crippen LogP contribution in [-0.4, -0.2) is 36.3 Å². The summed E-state index contributed by atoms with van der Waals surface area (Å²) in [5.74, 6) is 2.87. The van der Waals surface area contributed by atoms with E-state index in [1.807, 2.05) is 6.92 Å². The van der Waals surface area contributed by atoms with Gasteiger partial charge in [0.15, 0.2) is 11.6 Å². The van der Waals surface area contributed by atoms with Crippen LogP contribution in [0.15, 0.2) is 6.20 Å². The van der Waals surface area contributed by atoms with Gasteiger partial charge in [0, 0.05) is 19.6 Å². The third-order valence-corrected chi connectivity index (χ3v) is 2.88. The Morgan fingerprint density at radius 1 is 1.24 bits per heavy atom. The second-order valence-corrected chi connectivity index (χ2v) is 5.45. The molecule has 0 amide bonds. The van der Waals surface area contributed by atoms with Crippen molar-refractivity contribution < 1.29 is 9.47 Å². The van der Waals surface area contributed by atoms with Gasteiger partial charge >= 0.3 is 0 Å². The molecule has 1 rings (SSSR count). The molecular weight excluding hydrogens is 266 g/mol. The molecule has 0 aliphatic rings. The average molecular weight is 295 g/mol. The average Bonchev–Trinajstić information content (AvgIpc) is 2.48. The molecule has 5 heteroatoms. The fourth-order valence-electron chi connectivity index (χ4n) is 1.72. The molecule has 1 N–H and O–H groups in total. The lowest BCUT2D eigenvalue weighted by atomic mass is 10.2. The highest BCUT2D eigenvalue weighted by Crippen LogP contribution is 2.21. The molecule has 21 heavy (non-hydrogen) atoms. The molecule has 1 heterocycles. The predicted octanol–water partition coefficient (Wildman–Crippen LogP) is 3.30. The lowest BCUT2D eigenvalue weighted by Gasteiger charge is -2.13. The molecular formula is C16H29N3O2. The first-order valence-corrected chi connectivity index (χ1v) is 7.97. The topological polar surface area (TPSA) is 56.3 Å². The van der Waals surface area contributed by atoms with Crippen molar-refractivity contribution in [1.29, 1.82) is 0 Å². The number of aromatic nitrogens is 2. The van der Waals surface area contributed by atoms with Crippen molar-refractivity contribution in [3.63, 3.8) is 0 Å². The van der Waals surface area contributed by atoms with Crippen LogP contribution in [0.3, 0.4) is 0 Å². The molecule has 0 unspecified atom stereocenters. The normalized spacial score (nSPS) is 10.9. The van der Waals surface area contributed by atoms with Crippen molar-refractivity contribution >= 4 is 5.82 Å². The Morgan fingerprint density at radius 3 is 2.71 bits per heavy atom. The van der Waals surface area contributed by atoms with Crippen LogP contribution in [-0.2, 0) is 11.2 Å². The molecule has 0 saturated heterocycles. The zero-order valence-corrected chi connectivity index (χ0v) is 13.8. The van der Waals surface area contributed by atoms with E-state index in [-0.39, 0.29) is 0 Å². The van der Waals surface area contributed by atoms with Crippen LogP contribution in [0, 0.1) is 5.92 Å². The second-order valence-electron chi connectivity index (χ2n) is 5.45. The standard InChI is InChI=1S/C16H29N3O2/c1-5-7-8-17-16-14(11-18-15(6-2)19-16)21-10-9-20-12-13(3)4/h11,13H,5-10,12H2,1-4H3,(H,17,18,19). The zero-order valence-electron chi connectivity index (χ0n) is 13.8. The van der Waals surface area contributed by atoms with E-state index in [1.54, 1.807) is 6.20 Å². The largest absolute Gasteiger partial charge is 0.486 e. The zero-order chi connectivity index (χ0) is 15.5. The van der Waals surface area contributed by atoms with Gasteiger partial charge in [-0.15, -0.1) is 0 Å². The van der Waals surface area contributed by atoms with Gasteiger partial charge in [-0.3, -0.25) is 0 Å². The van der Waals surface area contributed by atoms with E-state index in [4.69, 9.17) is 9.47 Å². The Morgan fingerprint density at radius 2 is 2.05 bits per heavy atom. The molecule has 120 valence electrons. The smallest absolute Gasteiger partial charge is 0.179 e. The number of nitrogens with one attached hydrogen (secondary N) is 1. The van der Waals surface area contributed by atoms with Crippen LogP contribution in [0.5, 0.6) is 5.75 Å². The molecule has 1 aromatic heterocycles. The molecule has 0 aliphatic carbocycles. The second kappa shape index (κ2) is 10.4. The van der Waals surface area contributed by atoms with Gasteiger partial charge in [-0.2, -0.15) is 0 Å². The first-order chi connectivity index (χ1) is 10.2. The van der Waals surface area contributed by atoms with E-state index in [1.165, 1.54) is 0 Å². The molecule has 0 spiro atoms. The summed E-state index contributed by atoms with van der Waals surface area (Å²) < 4.78 is 11.3. The van der Waals surface area contributed by atoms with E-state index in [0.717, 1.165) is 44.1 Å². The van der Waals surface area contributed by atoms with Crippen LogP contribution in [0.2, 0.25) is 0 Å². The van der Waals surface area contributed by atoms with E-state index >= 15 is 0 Å². The SMILES string of the molecule is CCCCNc1nc(CC)ncc1OCCOCC(C)C. The van der Waals surface area contributed by atoms with Gasteiger partial charge in [0.05, 0.1) is 12.8 Å². The highest BCUT2D eigenvalue weighted by atomic mass is 16.5. The number of ether oxygens (including phenoxy) is 2. The third-order valence-electron chi connectivity index (χ3n) is 2.88.